The van der Waals surface area contributed by atoms with E-state index in [0.717, 1.165) is 18.9 Å². The molecule has 0 bridgehead atoms. The largest absolute Gasteiger partial charge is 0.452 e. The van der Waals surface area contributed by atoms with Gasteiger partial charge in [0.1, 0.15) is 5.82 Å². The molecular formula is C17H15BrN4O5. The van der Waals surface area contributed by atoms with Gasteiger partial charge in [0, 0.05) is 19.3 Å². The second-order valence-electron chi connectivity index (χ2n) is 5.69. The monoisotopic (exact) mass is 434 g/mol. The molecule has 9 nitrogen and oxygen atoms in total. The summed E-state index contributed by atoms with van der Waals surface area (Å²) in [6.07, 6.45) is 1.49. The van der Waals surface area contributed by atoms with Crippen molar-refractivity contribution in [2.24, 2.45) is 0 Å². The third-order valence-corrected chi connectivity index (χ3v) is 4.32. The normalized spacial score (nSPS) is 14.3. The molecule has 4 heterocycles. The molecule has 1 aliphatic rings. The molecule has 0 amide bonds. The standard InChI is InChI=1S/C17H15BrN4O5/c18-13-3-2-12(26-13)16-21-20-15(27-16)10-25-17(23)11-1-4-14(19-9-11)22-5-7-24-8-6-22/h1-4,9H,5-8,10H2. The van der Waals surface area contributed by atoms with E-state index in [1.807, 2.05) is 0 Å². The molecule has 0 unspecified atom stereocenters. The maximum absolute atomic E-state index is 12.2. The summed E-state index contributed by atoms with van der Waals surface area (Å²) in [5.41, 5.74) is 0.349. The number of pyridine rings is 1. The van der Waals surface area contributed by atoms with Crippen molar-refractivity contribution in [3.8, 4) is 11.7 Å². The number of furan rings is 1. The first-order valence-corrected chi connectivity index (χ1v) is 9.02. The molecule has 0 spiro atoms. The predicted octanol–water partition coefficient (Wildman–Crippen LogP) is 2.68. The number of hydrogen-bond donors (Lipinski definition) is 0. The third-order valence-electron chi connectivity index (χ3n) is 3.90. The van der Waals surface area contributed by atoms with Crippen molar-refractivity contribution in [2.45, 2.75) is 6.61 Å². The van der Waals surface area contributed by atoms with Gasteiger partial charge in [-0.05, 0) is 40.2 Å². The number of ether oxygens (including phenoxy) is 2. The van der Waals surface area contributed by atoms with E-state index < -0.39 is 5.97 Å². The number of hydrogen-bond acceptors (Lipinski definition) is 9. The summed E-state index contributed by atoms with van der Waals surface area (Å²) < 4.78 is 21.8. The number of anilines is 1. The average Bonchev–Trinajstić information content (AvgIpc) is 3.36. The summed E-state index contributed by atoms with van der Waals surface area (Å²) >= 11 is 3.20. The Hall–Kier alpha value is -2.72. The zero-order chi connectivity index (χ0) is 18.6. The van der Waals surface area contributed by atoms with E-state index in [4.69, 9.17) is 18.3 Å². The maximum atomic E-state index is 12.2. The summed E-state index contributed by atoms with van der Waals surface area (Å²) in [5, 5.41) is 7.70. The molecule has 27 heavy (non-hydrogen) atoms. The molecule has 1 aliphatic heterocycles. The SMILES string of the molecule is O=C(OCc1nnc(-c2ccc(Br)o2)o1)c1ccc(N2CCOCC2)nc1. The van der Waals surface area contributed by atoms with Crippen molar-refractivity contribution >= 4 is 27.7 Å². The van der Waals surface area contributed by atoms with E-state index in [-0.39, 0.29) is 18.4 Å². The summed E-state index contributed by atoms with van der Waals surface area (Å²) in [7, 11) is 0. The summed E-state index contributed by atoms with van der Waals surface area (Å²) in [4.78, 5) is 18.6. The molecule has 140 valence electrons. The van der Waals surface area contributed by atoms with Gasteiger partial charge in [-0.3, -0.25) is 0 Å². The Kier molecular flexibility index (Phi) is 5.16. The quantitative estimate of drug-likeness (QED) is 0.560. The number of esters is 1. The lowest BCUT2D eigenvalue weighted by molar-refractivity contribution is 0.0438. The van der Waals surface area contributed by atoms with Gasteiger partial charge in [-0.15, -0.1) is 10.2 Å². The lowest BCUT2D eigenvalue weighted by atomic mass is 10.2. The minimum Gasteiger partial charge on any atom is -0.452 e. The smallest absolute Gasteiger partial charge is 0.340 e. The first kappa shape index (κ1) is 17.7. The predicted molar refractivity (Wildman–Crippen MR) is 96.1 cm³/mol. The molecule has 1 saturated heterocycles. The second kappa shape index (κ2) is 7.89. The highest BCUT2D eigenvalue weighted by molar-refractivity contribution is 9.10. The van der Waals surface area contributed by atoms with Gasteiger partial charge in [-0.2, -0.15) is 0 Å². The molecule has 0 atom stereocenters. The van der Waals surface area contributed by atoms with E-state index in [1.165, 1.54) is 6.20 Å². The molecule has 0 aliphatic carbocycles. The van der Waals surface area contributed by atoms with E-state index in [1.54, 1.807) is 24.3 Å². The molecule has 0 N–H and O–H groups in total. The van der Waals surface area contributed by atoms with Crippen molar-refractivity contribution in [1.29, 1.82) is 0 Å². The van der Waals surface area contributed by atoms with E-state index >= 15 is 0 Å². The molecule has 1 fully saturated rings. The van der Waals surface area contributed by atoms with Gasteiger partial charge in [0.25, 0.3) is 11.8 Å². The molecular weight excluding hydrogens is 420 g/mol. The fraction of sp³-hybridized carbons (Fsp3) is 0.294. The van der Waals surface area contributed by atoms with Crippen LogP contribution in [0.15, 0.2) is 44.0 Å². The number of rotatable bonds is 5. The lowest BCUT2D eigenvalue weighted by Gasteiger charge is -2.27. The van der Waals surface area contributed by atoms with Crippen LogP contribution in [0.1, 0.15) is 16.2 Å². The summed E-state index contributed by atoms with van der Waals surface area (Å²) in [5.74, 6) is 1.10. The fourth-order valence-corrected chi connectivity index (χ4v) is 2.84. The van der Waals surface area contributed by atoms with E-state index in [0.29, 0.717) is 29.2 Å². The topological polar surface area (TPSA) is 104 Å². The van der Waals surface area contributed by atoms with Crippen LogP contribution < -0.4 is 4.90 Å². The van der Waals surface area contributed by atoms with Crippen LogP contribution >= 0.6 is 15.9 Å². The van der Waals surface area contributed by atoms with E-state index in [2.05, 4.69) is 36.0 Å². The minimum atomic E-state index is -0.517. The van der Waals surface area contributed by atoms with Crippen LogP contribution in [0, 0.1) is 0 Å². The van der Waals surface area contributed by atoms with Gasteiger partial charge in [-0.1, -0.05) is 0 Å². The van der Waals surface area contributed by atoms with Gasteiger partial charge >= 0.3 is 5.97 Å². The number of carbonyl (C=O) groups excluding carboxylic acids is 1. The highest BCUT2D eigenvalue weighted by atomic mass is 79.9. The number of carbonyl (C=O) groups is 1. The summed E-state index contributed by atoms with van der Waals surface area (Å²) in [6, 6.07) is 6.88. The Morgan fingerprint density at radius 3 is 2.70 bits per heavy atom. The van der Waals surface area contributed by atoms with Crippen LogP contribution in [0.3, 0.4) is 0 Å². The van der Waals surface area contributed by atoms with Crippen LogP contribution in [-0.4, -0.2) is 47.5 Å². The van der Waals surface area contributed by atoms with Crippen molar-refractivity contribution in [1.82, 2.24) is 15.2 Å². The molecule has 0 radical (unpaired) electrons. The van der Waals surface area contributed by atoms with Crippen molar-refractivity contribution < 1.29 is 23.1 Å². The highest BCUT2D eigenvalue weighted by Gasteiger charge is 2.16. The highest BCUT2D eigenvalue weighted by Crippen LogP contribution is 2.24. The van der Waals surface area contributed by atoms with Gasteiger partial charge in [0.05, 0.1) is 18.8 Å². The van der Waals surface area contributed by atoms with Crippen molar-refractivity contribution in [3.63, 3.8) is 0 Å². The van der Waals surface area contributed by atoms with Gasteiger partial charge in [0.15, 0.2) is 17.0 Å². The Labute approximate surface area is 162 Å². The molecule has 4 rings (SSSR count). The number of morpholine rings is 1. The molecule has 0 saturated carbocycles. The van der Waals surface area contributed by atoms with Crippen LogP contribution in [-0.2, 0) is 16.1 Å². The third kappa shape index (κ3) is 4.17. The molecule has 3 aromatic rings. The maximum Gasteiger partial charge on any atom is 0.340 e. The zero-order valence-corrected chi connectivity index (χ0v) is 15.7. The first-order chi connectivity index (χ1) is 13.2. The van der Waals surface area contributed by atoms with Crippen molar-refractivity contribution in [3.05, 3.63) is 46.6 Å². The van der Waals surface area contributed by atoms with Crippen LogP contribution in [0.25, 0.3) is 11.7 Å². The Balaban J connectivity index is 1.34. The Morgan fingerprint density at radius 1 is 1.15 bits per heavy atom. The second-order valence-corrected chi connectivity index (χ2v) is 6.47. The van der Waals surface area contributed by atoms with Crippen LogP contribution in [0.4, 0.5) is 5.82 Å². The van der Waals surface area contributed by atoms with Crippen LogP contribution in [0.5, 0.6) is 0 Å². The van der Waals surface area contributed by atoms with Crippen LogP contribution in [0.2, 0.25) is 0 Å². The molecule has 10 heteroatoms. The Bertz CT molecular complexity index is 918. The first-order valence-electron chi connectivity index (χ1n) is 8.23. The van der Waals surface area contributed by atoms with E-state index in [9.17, 15) is 4.79 Å². The number of nitrogens with zero attached hydrogens (tertiary/aromatic N) is 4. The zero-order valence-electron chi connectivity index (χ0n) is 14.1. The number of aromatic nitrogens is 3. The Morgan fingerprint density at radius 2 is 2.00 bits per heavy atom. The summed E-state index contributed by atoms with van der Waals surface area (Å²) in [6.45, 7) is 2.77. The number of halogens is 1. The lowest BCUT2D eigenvalue weighted by Crippen LogP contribution is -2.36. The molecule has 0 aromatic carbocycles. The van der Waals surface area contributed by atoms with Crippen molar-refractivity contribution in [2.75, 3.05) is 31.2 Å². The molecule has 3 aromatic heterocycles. The minimum absolute atomic E-state index is 0.140. The fourth-order valence-electron chi connectivity index (χ4n) is 2.54. The van der Waals surface area contributed by atoms with Gasteiger partial charge < -0.3 is 23.2 Å². The average molecular weight is 435 g/mol. The van der Waals surface area contributed by atoms with Gasteiger partial charge in [-0.25, -0.2) is 9.78 Å². The van der Waals surface area contributed by atoms with Gasteiger partial charge in [0.2, 0.25) is 0 Å².